The van der Waals surface area contributed by atoms with E-state index in [1.807, 2.05) is 0 Å². The molecule has 0 bridgehead atoms. The molecule has 1 aliphatic carbocycles. The quantitative estimate of drug-likeness (QED) is 0.706. The normalized spacial score (nSPS) is 26.3. The number of ether oxygens (including phenoxy) is 1. The van der Waals surface area contributed by atoms with E-state index in [0.29, 0.717) is 13.1 Å². The summed E-state index contributed by atoms with van der Waals surface area (Å²) >= 11 is 0. The van der Waals surface area contributed by atoms with Crippen molar-refractivity contribution in [1.29, 1.82) is 0 Å². The molecule has 0 saturated heterocycles. The largest absolute Gasteiger partial charge is 0.368 e. The van der Waals surface area contributed by atoms with E-state index in [-0.39, 0.29) is 18.6 Å². The molecule has 0 radical (unpaired) electrons. The van der Waals surface area contributed by atoms with E-state index in [4.69, 9.17) is 10.5 Å². The molecule has 0 aromatic rings. The average molecular weight is 214 g/mol. The molecule has 3 N–H and O–H groups in total. The van der Waals surface area contributed by atoms with Gasteiger partial charge in [0.25, 0.3) is 0 Å². The van der Waals surface area contributed by atoms with Crippen molar-refractivity contribution >= 4 is 5.91 Å². The van der Waals surface area contributed by atoms with Crippen LogP contribution in [-0.2, 0) is 9.53 Å². The molecule has 0 aliphatic heterocycles. The van der Waals surface area contributed by atoms with Gasteiger partial charge in [-0.2, -0.15) is 0 Å². The van der Waals surface area contributed by atoms with Crippen LogP contribution in [0.3, 0.4) is 0 Å². The molecule has 1 fully saturated rings. The molecule has 4 nitrogen and oxygen atoms in total. The molecular formula is C11H22N2O2. The van der Waals surface area contributed by atoms with Crippen LogP contribution in [0.25, 0.3) is 0 Å². The van der Waals surface area contributed by atoms with E-state index >= 15 is 0 Å². The minimum atomic E-state index is -0.0564. The van der Waals surface area contributed by atoms with E-state index in [1.165, 1.54) is 12.8 Å². The summed E-state index contributed by atoms with van der Waals surface area (Å²) in [6, 6.07) is 0. The predicted molar refractivity (Wildman–Crippen MR) is 59.4 cm³/mol. The summed E-state index contributed by atoms with van der Waals surface area (Å²) < 4.78 is 5.54. The Morgan fingerprint density at radius 1 is 1.40 bits per heavy atom. The summed E-state index contributed by atoms with van der Waals surface area (Å²) in [4.78, 5) is 11.2. The molecule has 0 unspecified atom stereocenters. The predicted octanol–water partition coefficient (Wildman–Crippen LogP) is 0.657. The van der Waals surface area contributed by atoms with Gasteiger partial charge in [0.2, 0.25) is 5.91 Å². The Labute approximate surface area is 91.5 Å². The number of nitrogens with two attached hydrogens (primary N) is 1. The van der Waals surface area contributed by atoms with E-state index < -0.39 is 0 Å². The van der Waals surface area contributed by atoms with Crippen LogP contribution in [0.2, 0.25) is 0 Å². The fraction of sp³-hybridized carbons (Fsp3) is 0.909. The number of rotatable bonds is 5. The molecule has 1 saturated carbocycles. The second kappa shape index (κ2) is 6.80. The van der Waals surface area contributed by atoms with E-state index in [1.54, 1.807) is 0 Å². The van der Waals surface area contributed by atoms with Gasteiger partial charge in [0.15, 0.2) is 0 Å². The van der Waals surface area contributed by atoms with Crippen LogP contribution in [0, 0.1) is 5.92 Å². The number of hydrogen-bond acceptors (Lipinski definition) is 3. The Kier molecular flexibility index (Phi) is 5.65. The second-order valence-electron chi connectivity index (χ2n) is 4.33. The third-order valence-electron chi connectivity index (χ3n) is 2.88. The van der Waals surface area contributed by atoms with Gasteiger partial charge >= 0.3 is 0 Å². The summed E-state index contributed by atoms with van der Waals surface area (Å²) in [5, 5.41) is 2.69. The van der Waals surface area contributed by atoms with Crippen LogP contribution in [0.5, 0.6) is 0 Å². The van der Waals surface area contributed by atoms with Crippen LogP contribution in [0.15, 0.2) is 0 Å². The summed E-state index contributed by atoms with van der Waals surface area (Å²) in [5.41, 5.74) is 5.28. The lowest BCUT2D eigenvalue weighted by molar-refractivity contribution is -0.128. The van der Waals surface area contributed by atoms with E-state index in [9.17, 15) is 4.79 Å². The molecular weight excluding hydrogens is 192 g/mol. The number of carbonyl (C=O) groups is 1. The van der Waals surface area contributed by atoms with Crippen LogP contribution >= 0.6 is 0 Å². The van der Waals surface area contributed by atoms with Crippen molar-refractivity contribution in [2.45, 2.75) is 38.7 Å². The SMILES string of the molecule is CC1CCC(OCC(=O)NCCN)CC1. The van der Waals surface area contributed by atoms with Crippen molar-refractivity contribution in [3.05, 3.63) is 0 Å². The van der Waals surface area contributed by atoms with Crippen LogP contribution < -0.4 is 11.1 Å². The maximum atomic E-state index is 11.2. The highest BCUT2D eigenvalue weighted by molar-refractivity contribution is 5.77. The first-order valence-corrected chi connectivity index (χ1v) is 5.80. The van der Waals surface area contributed by atoms with Gasteiger partial charge < -0.3 is 15.8 Å². The monoisotopic (exact) mass is 214 g/mol. The van der Waals surface area contributed by atoms with Gasteiger partial charge in [-0.15, -0.1) is 0 Å². The smallest absolute Gasteiger partial charge is 0.246 e. The molecule has 0 spiro atoms. The Hall–Kier alpha value is -0.610. The molecule has 0 aromatic heterocycles. The summed E-state index contributed by atoms with van der Waals surface area (Å²) in [7, 11) is 0. The fourth-order valence-corrected chi connectivity index (χ4v) is 1.85. The number of hydrogen-bond donors (Lipinski definition) is 2. The molecule has 0 atom stereocenters. The Bertz CT molecular complexity index is 189. The first-order chi connectivity index (χ1) is 7.22. The minimum Gasteiger partial charge on any atom is -0.368 e. The minimum absolute atomic E-state index is 0.0564. The molecule has 15 heavy (non-hydrogen) atoms. The summed E-state index contributed by atoms with van der Waals surface area (Å²) in [6.45, 7) is 3.46. The molecule has 1 aliphatic rings. The zero-order valence-electron chi connectivity index (χ0n) is 9.50. The van der Waals surface area contributed by atoms with Crippen molar-refractivity contribution in [3.8, 4) is 0 Å². The van der Waals surface area contributed by atoms with Gasteiger partial charge in [0, 0.05) is 13.1 Å². The molecule has 1 rings (SSSR count). The number of amides is 1. The Morgan fingerprint density at radius 2 is 2.07 bits per heavy atom. The topological polar surface area (TPSA) is 64.3 Å². The molecule has 4 heteroatoms. The highest BCUT2D eigenvalue weighted by atomic mass is 16.5. The lowest BCUT2D eigenvalue weighted by atomic mass is 9.89. The summed E-state index contributed by atoms with van der Waals surface area (Å²) in [6.07, 6.45) is 4.89. The van der Waals surface area contributed by atoms with Gasteiger partial charge in [0.05, 0.1) is 6.10 Å². The first-order valence-electron chi connectivity index (χ1n) is 5.80. The van der Waals surface area contributed by atoms with Crippen LogP contribution in [-0.4, -0.2) is 31.7 Å². The average Bonchev–Trinajstić information content (AvgIpc) is 2.25. The van der Waals surface area contributed by atoms with Gasteiger partial charge in [-0.1, -0.05) is 6.92 Å². The zero-order chi connectivity index (χ0) is 11.1. The Morgan fingerprint density at radius 3 is 2.67 bits per heavy atom. The van der Waals surface area contributed by atoms with Gasteiger partial charge in [0.1, 0.15) is 6.61 Å². The second-order valence-corrected chi connectivity index (χ2v) is 4.33. The highest BCUT2D eigenvalue weighted by Gasteiger charge is 2.19. The third kappa shape index (κ3) is 5.14. The van der Waals surface area contributed by atoms with Crippen molar-refractivity contribution in [2.24, 2.45) is 11.7 Å². The fourth-order valence-electron chi connectivity index (χ4n) is 1.85. The number of carbonyl (C=O) groups excluding carboxylic acids is 1. The van der Waals surface area contributed by atoms with Crippen molar-refractivity contribution < 1.29 is 9.53 Å². The van der Waals surface area contributed by atoms with Crippen molar-refractivity contribution in [1.82, 2.24) is 5.32 Å². The maximum absolute atomic E-state index is 11.2. The Balaban J connectivity index is 2.06. The van der Waals surface area contributed by atoms with E-state index in [0.717, 1.165) is 18.8 Å². The molecule has 88 valence electrons. The van der Waals surface area contributed by atoms with Gasteiger partial charge in [-0.05, 0) is 31.6 Å². The first kappa shape index (κ1) is 12.5. The number of nitrogens with one attached hydrogen (secondary N) is 1. The molecule has 0 heterocycles. The lowest BCUT2D eigenvalue weighted by Gasteiger charge is -2.25. The standard InChI is InChI=1S/C11H22N2O2/c1-9-2-4-10(5-3-9)15-8-11(14)13-7-6-12/h9-10H,2-8,12H2,1H3,(H,13,14). The van der Waals surface area contributed by atoms with Crippen LogP contribution in [0.4, 0.5) is 0 Å². The van der Waals surface area contributed by atoms with Gasteiger partial charge in [-0.25, -0.2) is 0 Å². The third-order valence-corrected chi connectivity index (χ3v) is 2.88. The van der Waals surface area contributed by atoms with E-state index in [2.05, 4.69) is 12.2 Å². The molecule has 0 aromatic carbocycles. The lowest BCUT2D eigenvalue weighted by Crippen LogP contribution is -2.34. The van der Waals surface area contributed by atoms with Gasteiger partial charge in [-0.3, -0.25) is 4.79 Å². The maximum Gasteiger partial charge on any atom is 0.246 e. The van der Waals surface area contributed by atoms with Crippen LogP contribution in [0.1, 0.15) is 32.6 Å². The zero-order valence-corrected chi connectivity index (χ0v) is 9.50. The van der Waals surface area contributed by atoms with Crippen molar-refractivity contribution in [2.75, 3.05) is 19.7 Å². The highest BCUT2D eigenvalue weighted by Crippen LogP contribution is 2.25. The molecule has 1 amide bonds. The summed E-state index contributed by atoms with van der Waals surface area (Å²) in [5.74, 6) is 0.759. The van der Waals surface area contributed by atoms with Crippen molar-refractivity contribution in [3.63, 3.8) is 0 Å².